The molecule has 0 amide bonds. The number of benzene rings is 2. The van der Waals surface area contributed by atoms with Gasteiger partial charge in [-0.15, -0.1) is 0 Å². The maximum Gasteiger partial charge on any atom is 0.115 e. The number of oxime groups is 1. The lowest BCUT2D eigenvalue weighted by Gasteiger charge is -2.08. The fraction of sp³-hybridized carbons (Fsp3) is 0.0625. The Bertz CT molecular complexity index is 836. The van der Waals surface area contributed by atoms with E-state index in [2.05, 4.69) is 5.16 Å². The summed E-state index contributed by atoms with van der Waals surface area (Å²) in [5.74, 6) is 0.216. The molecule has 1 heterocycles. The Balaban J connectivity index is 2.37. The summed E-state index contributed by atoms with van der Waals surface area (Å²) in [6.07, 6.45) is 1.41. The van der Waals surface area contributed by atoms with Crippen molar-refractivity contribution in [3.8, 4) is 11.4 Å². The first kappa shape index (κ1) is 13.5. The molecule has 0 fully saturated rings. The zero-order valence-corrected chi connectivity index (χ0v) is 12.0. The van der Waals surface area contributed by atoms with E-state index < -0.39 is 0 Å². The van der Waals surface area contributed by atoms with Crippen molar-refractivity contribution in [1.82, 2.24) is 4.57 Å². The minimum absolute atomic E-state index is 0.216. The van der Waals surface area contributed by atoms with E-state index in [-0.39, 0.29) is 5.75 Å². The molecule has 0 unspecified atom stereocenters. The molecule has 5 heteroatoms. The van der Waals surface area contributed by atoms with Gasteiger partial charge in [-0.3, -0.25) is 0 Å². The molecule has 1 aromatic heterocycles. The number of fused-ring (bicyclic) bond motifs is 1. The van der Waals surface area contributed by atoms with Crippen LogP contribution in [-0.2, 0) is 0 Å². The monoisotopic (exact) mass is 300 g/mol. The molecule has 106 valence electrons. The topological polar surface area (TPSA) is 57.8 Å². The molecule has 0 saturated heterocycles. The zero-order valence-electron chi connectivity index (χ0n) is 11.3. The molecule has 0 saturated carbocycles. The number of halogens is 1. The van der Waals surface area contributed by atoms with E-state index in [1.54, 1.807) is 12.1 Å². The third kappa shape index (κ3) is 2.23. The summed E-state index contributed by atoms with van der Waals surface area (Å²) in [5.41, 5.74) is 3.60. The van der Waals surface area contributed by atoms with E-state index in [0.29, 0.717) is 5.02 Å². The smallest absolute Gasteiger partial charge is 0.115 e. The van der Waals surface area contributed by atoms with E-state index in [9.17, 15) is 5.11 Å². The van der Waals surface area contributed by atoms with Gasteiger partial charge in [-0.1, -0.05) is 16.8 Å². The molecule has 3 aromatic rings. The van der Waals surface area contributed by atoms with Crippen LogP contribution in [0.2, 0.25) is 5.02 Å². The predicted octanol–water partition coefficient (Wildman–Crippen LogP) is 4.11. The van der Waals surface area contributed by atoms with Crippen molar-refractivity contribution in [3.05, 3.63) is 58.7 Å². The van der Waals surface area contributed by atoms with Crippen molar-refractivity contribution in [3.63, 3.8) is 0 Å². The molecular formula is C16H13ClN2O2. The van der Waals surface area contributed by atoms with Gasteiger partial charge in [-0.25, -0.2) is 0 Å². The lowest BCUT2D eigenvalue weighted by molar-refractivity contribution is 0.322. The van der Waals surface area contributed by atoms with E-state index in [4.69, 9.17) is 16.8 Å². The van der Waals surface area contributed by atoms with Crippen molar-refractivity contribution in [2.45, 2.75) is 6.92 Å². The number of phenols is 1. The van der Waals surface area contributed by atoms with Crippen LogP contribution in [0.15, 0.2) is 47.6 Å². The lowest BCUT2D eigenvalue weighted by atomic mass is 10.1. The minimum Gasteiger partial charge on any atom is -0.508 e. The van der Waals surface area contributed by atoms with Crippen molar-refractivity contribution in [2.75, 3.05) is 0 Å². The molecule has 0 atom stereocenters. The van der Waals surface area contributed by atoms with Crippen LogP contribution in [0, 0.1) is 6.92 Å². The molecule has 0 radical (unpaired) electrons. The van der Waals surface area contributed by atoms with E-state index in [1.165, 1.54) is 6.21 Å². The lowest BCUT2D eigenvalue weighted by Crippen LogP contribution is -1.97. The number of aromatic nitrogens is 1. The van der Waals surface area contributed by atoms with Gasteiger partial charge in [-0.05, 0) is 49.4 Å². The first-order chi connectivity index (χ1) is 10.1. The fourth-order valence-electron chi connectivity index (χ4n) is 2.57. The number of phenolic OH excluding ortho intramolecular Hbond substituents is 1. The minimum atomic E-state index is 0.216. The van der Waals surface area contributed by atoms with Crippen LogP contribution in [0.4, 0.5) is 0 Å². The van der Waals surface area contributed by atoms with Gasteiger partial charge in [0.05, 0.1) is 11.7 Å². The van der Waals surface area contributed by atoms with Crippen molar-refractivity contribution >= 4 is 28.7 Å². The molecule has 0 bridgehead atoms. The molecule has 3 rings (SSSR count). The number of nitrogens with zero attached hydrogens (tertiary/aromatic N) is 2. The van der Waals surface area contributed by atoms with Gasteiger partial charge in [0.15, 0.2) is 0 Å². The average Bonchev–Trinajstić information content (AvgIpc) is 2.73. The SMILES string of the molecule is Cc1c(/C=N\O)c2cc(Cl)ccc2n1-c1ccc(O)cc1. The van der Waals surface area contributed by atoms with E-state index in [1.807, 2.05) is 41.8 Å². The zero-order chi connectivity index (χ0) is 15.0. The second-order valence-electron chi connectivity index (χ2n) is 4.76. The Labute approximate surface area is 126 Å². The highest BCUT2D eigenvalue weighted by molar-refractivity contribution is 6.31. The van der Waals surface area contributed by atoms with Gasteiger partial charge in [0.2, 0.25) is 0 Å². The highest BCUT2D eigenvalue weighted by Crippen LogP contribution is 2.30. The molecule has 4 nitrogen and oxygen atoms in total. The van der Waals surface area contributed by atoms with Crippen LogP contribution < -0.4 is 0 Å². The maximum absolute atomic E-state index is 9.43. The van der Waals surface area contributed by atoms with Crippen LogP contribution in [-0.4, -0.2) is 21.1 Å². The Morgan fingerprint density at radius 1 is 1.14 bits per heavy atom. The molecule has 0 spiro atoms. The molecule has 0 aliphatic rings. The Morgan fingerprint density at radius 2 is 1.86 bits per heavy atom. The molecule has 0 aliphatic carbocycles. The number of aromatic hydroxyl groups is 1. The Morgan fingerprint density at radius 3 is 2.52 bits per heavy atom. The molecule has 0 aliphatic heterocycles. The normalized spacial score (nSPS) is 11.5. The molecule has 2 aromatic carbocycles. The summed E-state index contributed by atoms with van der Waals surface area (Å²) >= 11 is 6.07. The van der Waals surface area contributed by atoms with Crippen LogP contribution in [0.5, 0.6) is 5.75 Å². The van der Waals surface area contributed by atoms with Crippen LogP contribution >= 0.6 is 11.6 Å². The summed E-state index contributed by atoms with van der Waals surface area (Å²) in [6.45, 7) is 1.94. The summed E-state index contributed by atoms with van der Waals surface area (Å²) in [6, 6.07) is 12.5. The van der Waals surface area contributed by atoms with E-state index in [0.717, 1.165) is 27.8 Å². The Kier molecular flexibility index (Phi) is 3.31. The molecular weight excluding hydrogens is 288 g/mol. The summed E-state index contributed by atoms with van der Waals surface area (Å²) in [7, 11) is 0. The van der Waals surface area contributed by atoms with Gasteiger partial charge in [0.1, 0.15) is 5.75 Å². The first-order valence-electron chi connectivity index (χ1n) is 6.39. The van der Waals surface area contributed by atoms with Gasteiger partial charge < -0.3 is 14.9 Å². The summed E-state index contributed by atoms with van der Waals surface area (Å²) < 4.78 is 2.03. The summed E-state index contributed by atoms with van der Waals surface area (Å²) in [4.78, 5) is 0. The largest absolute Gasteiger partial charge is 0.508 e. The summed E-state index contributed by atoms with van der Waals surface area (Å²) in [5, 5.41) is 23.0. The third-order valence-corrected chi connectivity index (χ3v) is 3.74. The number of hydrogen-bond acceptors (Lipinski definition) is 3. The van der Waals surface area contributed by atoms with Gasteiger partial charge in [0.25, 0.3) is 0 Å². The van der Waals surface area contributed by atoms with Gasteiger partial charge in [-0.2, -0.15) is 0 Å². The first-order valence-corrected chi connectivity index (χ1v) is 6.77. The molecule has 21 heavy (non-hydrogen) atoms. The molecule has 2 N–H and O–H groups in total. The number of rotatable bonds is 2. The van der Waals surface area contributed by atoms with Gasteiger partial charge >= 0.3 is 0 Å². The maximum atomic E-state index is 9.43. The van der Waals surface area contributed by atoms with E-state index >= 15 is 0 Å². The van der Waals surface area contributed by atoms with Crippen molar-refractivity contribution in [2.24, 2.45) is 5.16 Å². The standard InChI is InChI=1S/C16H13ClN2O2/c1-10-15(9-18-21)14-8-11(17)2-7-16(14)19(10)12-3-5-13(20)6-4-12/h2-9,20-21H,1H3/b18-9-. The predicted molar refractivity (Wildman–Crippen MR) is 84.1 cm³/mol. The fourth-order valence-corrected chi connectivity index (χ4v) is 2.74. The second kappa shape index (κ2) is 5.14. The van der Waals surface area contributed by atoms with Crippen molar-refractivity contribution < 1.29 is 10.3 Å². The Hall–Kier alpha value is -2.46. The van der Waals surface area contributed by atoms with Crippen molar-refractivity contribution in [1.29, 1.82) is 0 Å². The quantitative estimate of drug-likeness (QED) is 0.425. The van der Waals surface area contributed by atoms with Crippen LogP contribution in [0.3, 0.4) is 0 Å². The number of hydrogen-bond donors (Lipinski definition) is 2. The highest BCUT2D eigenvalue weighted by Gasteiger charge is 2.14. The second-order valence-corrected chi connectivity index (χ2v) is 5.19. The van der Waals surface area contributed by atoms with Crippen LogP contribution in [0.25, 0.3) is 16.6 Å². The average molecular weight is 301 g/mol. The van der Waals surface area contributed by atoms with Crippen LogP contribution in [0.1, 0.15) is 11.3 Å². The third-order valence-electron chi connectivity index (χ3n) is 3.51. The van der Waals surface area contributed by atoms with Gasteiger partial charge in [0, 0.05) is 27.4 Å². The highest BCUT2D eigenvalue weighted by atomic mass is 35.5.